The van der Waals surface area contributed by atoms with Crippen molar-refractivity contribution in [3.8, 4) is 5.75 Å². The molecule has 4 rings (SSSR count). The molecule has 2 aromatic rings. The van der Waals surface area contributed by atoms with Crippen LogP contribution in [0.4, 0.5) is 21.0 Å². The van der Waals surface area contributed by atoms with Gasteiger partial charge in [0.1, 0.15) is 17.1 Å². The number of aliphatic hydroxyl groups is 1. The average molecular weight is 671 g/mol. The van der Waals surface area contributed by atoms with Gasteiger partial charge in [-0.15, -0.1) is 0 Å². The number of rotatable bonds is 7. The van der Waals surface area contributed by atoms with Crippen molar-refractivity contribution < 1.29 is 33.5 Å². The summed E-state index contributed by atoms with van der Waals surface area (Å²) in [5.74, 6) is 0.396. The molecule has 1 aliphatic heterocycles. The number of aromatic nitrogens is 1. The Morgan fingerprint density at radius 1 is 1.08 bits per heavy atom. The molecule has 48 heavy (non-hydrogen) atoms. The van der Waals surface area contributed by atoms with Gasteiger partial charge in [-0.3, -0.25) is 4.79 Å². The number of carbonyl (C=O) groups excluding carboxylic acids is 3. The number of aliphatic hydroxyl groups excluding tert-OH is 1. The number of nitrogens with one attached hydrogen (secondary N) is 3. The van der Waals surface area contributed by atoms with Crippen molar-refractivity contribution in [2.45, 2.75) is 110 Å². The van der Waals surface area contributed by atoms with E-state index in [0.29, 0.717) is 40.7 Å². The minimum absolute atomic E-state index is 0.139. The highest BCUT2D eigenvalue weighted by Crippen LogP contribution is 2.29. The van der Waals surface area contributed by atoms with Gasteiger partial charge in [0.2, 0.25) is 0 Å². The Bertz CT molecular complexity index is 1360. The quantitative estimate of drug-likeness (QED) is 0.292. The number of anilines is 2. The minimum Gasteiger partial charge on any atom is -0.490 e. The van der Waals surface area contributed by atoms with E-state index in [0.717, 1.165) is 44.9 Å². The molecule has 2 heterocycles. The van der Waals surface area contributed by atoms with Crippen molar-refractivity contribution in [2.24, 2.45) is 5.92 Å². The molecule has 4 N–H and O–H groups in total. The fourth-order valence-electron chi connectivity index (χ4n) is 6.28. The third-order valence-electron chi connectivity index (χ3n) is 9.32. The predicted octanol–water partition coefficient (Wildman–Crippen LogP) is 5.71. The van der Waals surface area contributed by atoms with E-state index >= 15 is 0 Å². The highest BCUT2D eigenvalue weighted by atomic mass is 16.5. The van der Waals surface area contributed by atoms with E-state index in [1.165, 1.54) is 6.42 Å². The third kappa shape index (κ3) is 10.1. The zero-order valence-electron chi connectivity index (χ0n) is 29.3. The lowest BCUT2D eigenvalue weighted by molar-refractivity contribution is -0.0115. The summed E-state index contributed by atoms with van der Waals surface area (Å²) in [5.41, 5.74) is 1.90. The topological polar surface area (TPSA) is 158 Å². The summed E-state index contributed by atoms with van der Waals surface area (Å²) >= 11 is 0. The third-order valence-corrected chi connectivity index (χ3v) is 9.32. The molecule has 0 spiro atoms. The number of carbonyl (C=O) groups is 3. The molecular formula is C35H54N6O7. The van der Waals surface area contributed by atoms with Crippen LogP contribution in [-0.4, -0.2) is 95.7 Å². The summed E-state index contributed by atoms with van der Waals surface area (Å²) in [5, 5.41) is 23.0. The molecule has 1 aromatic carbocycles. The minimum atomic E-state index is -0.523. The number of ether oxygens (including phenoxy) is 2. The van der Waals surface area contributed by atoms with Gasteiger partial charge < -0.3 is 44.9 Å². The van der Waals surface area contributed by atoms with E-state index < -0.39 is 12.1 Å². The Kier molecular flexibility index (Phi) is 13.5. The zero-order valence-corrected chi connectivity index (χ0v) is 29.3. The molecule has 0 radical (unpaired) electrons. The SMILES string of the molecule is Cc1noc(C)c1NC(=O)N(C)C[C@@H]1OCCCC[C@@H](C)Oc2ccc(NC(=O)NC3CCCCC3)cc2C(=O)N([C@H](C)CO)C[C@H]1C. The monoisotopic (exact) mass is 670 g/mol. The molecule has 2 aliphatic rings. The first-order valence-electron chi connectivity index (χ1n) is 17.3. The number of urea groups is 2. The maximum atomic E-state index is 14.4. The highest BCUT2D eigenvalue weighted by molar-refractivity contribution is 5.99. The molecule has 1 aliphatic carbocycles. The number of hydrogen-bond donors (Lipinski definition) is 4. The highest BCUT2D eigenvalue weighted by Gasteiger charge is 2.31. The van der Waals surface area contributed by atoms with Crippen LogP contribution in [0.2, 0.25) is 0 Å². The molecule has 0 unspecified atom stereocenters. The Morgan fingerprint density at radius 3 is 2.50 bits per heavy atom. The number of benzene rings is 1. The average Bonchev–Trinajstić information content (AvgIpc) is 3.38. The Balaban J connectivity index is 1.56. The molecular weight excluding hydrogens is 616 g/mol. The maximum Gasteiger partial charge on any atom is 0.321 e. The van der Waals surface area contributed by atoms with Gasteiger partial charge in [-0.2, -0.15) is 0 Å². The van der Waals surface area contributed by atoms with E-state index in [4.69, 9.17) is 14.0 Å². The second kappa shape index (κ2) is 17.5. The Morgan fingerprint density at radius 2 is 1.81 bits per heavy atom. The molecule has 13 heteroatoms. The Hall–Kier alpha value is -3.84. The number of aryl methyl sites for hydroxylation is 2. The molecule has 4 atom stereocenters. The van der Waals surface area contributed by atoms with Crippen LogP contribution in [-0.2, 0) is 4.74 Å². The van der Waals surface area contributed by atoms with Crippen LogP contribution in [0.5, 0.6) is 5.75 Å². The number of hydrogen-bond acceptors (Lipinski definition) is 8. The van der Waals surface area contributed by atoms with Gasteiger partial charge in [-0.1, -0.05) is 31.3 Å². The summed E-state index contributed by atoms with van der Waals surface area (Å²) in [6.07, 6.45) is 7.12. The molecule has 1 saturated carbocycles. The van der Waals surface area contributed by atoms with Gasteiger partial charge in [0.15, 0.2) is 5.76 Å². The first-order valence-corrected chi connectivity index (χ1v) is 17.3. The van der Waals surface area contributed by atoms with Gasteiger partial charge in [-0.25, -0.2) is 9.59 Å². The lowest BCUT2D eigenvalue weighted by Gasteiger charge is -2.35. The lowest BCUT2D eigenvalue weighted by Crippen LogP contribution is -2.48. The van der Waals surface area contributed by atoms with E-state index in [1.807, 2.05) is 13.8 Å². The van der Waals surface area contributed by atoms with E-state index in [1.54, 1.807) is 55.8 Å². The van der Waals surface area contributed by atoms with Crippen molar-refractivity contribution in [1.82, 2.24) is 20.3 Å². The van der Waals surface area contributed by atoms with Crippen LogP contribution in [0.3, 0.4) is 0 Å². The van der Waals surface area contributed by atoms with Crippen LogP contribution < -0.4 is 20.7 Å². The van der Waals surface area contributed by atoms with Crippen molar-refractivity contribution >= 4 is 29.3 Å². The van der Waals surface area contributed by atoms with Crippen molar-refractivity contribution in [3.05, 3.63) is 35.2 Å². The zero-order chi connectivity index (χ0) is 34.8. The first kappa shape index (κ1) is 37.0. The molecule has 0 bridgehead atoms. The van der Waals surface area contributed by atoms with E-state index in [2.05, 4.69) is 21.1 Å². The fraction of sp³-hybridized carbons (Fsp3) is 0.657. The van der Waals surface area contributed by atoms with Crippen LogP contribution in [0.15, 0.2) is 22.7 Å². The normalized spacial score (nSPS) is 22.1. The summed E-state index contributed by atoms with van der Waals surface area (Å²) in [6, 6.07) is 4.11. The van der Waals surface area contributed by atoms with Crippen LogP contribution in [0, 0.1) is 19.8 Å². The number of amides is 5. The maximum absolute atomic E-state index is 14.4. The number of fused-ring (bicyclic) bond motifs is 1. The van der Waals surface area contributed by atoms with Crippen LogP contribution in [0.25, 0.3) is 0 Å². The second-order valence-corrected chi connectivity index (χ2v) is 13.5. The lowest BCUT2D eigenvalue weighted by atomic mass is 9.96. The molecule has 0 saturated heterocycles. The first-order chi connectivity index (χ1) is 23.0. The molecule has 5 amide bonds. The fourth-order valence-corrected chi connectivity index (χ4v) is 6.28. The van der Waals surface area contributed by atoms with Crippen LogP contribution >= 0.6 is 0 Å². The molecule has 1 aromatic heterocycles. The van der Waals surface area contributed by atoms with Gasteiger partial charge in [-0.05, 0) is 78.0 Å². The summed E-state index contributed by atoms with van der Waals surface area (Å²) in [7, 11) is 1.70. The summed E-state index contributed by atoms with van der Waals surface area (Å²) in [4.78, 5) is 43.6. The largest absolute Gasteiger partial charge is 0.490 e. The van der Waals surface area contributed by atoms with E-state index in [9.17, 15) is 19.5 Å². The second-order valence-electron chi connectivity index (χ2n) is 13.5. The van der Waals surface area contributed by atoms with Gasteiger partial charge in [0.05, 0.1) is 30.4 Å². The van der Waals surface area contributed by atoms with Gasteiger partial charge >= 0.3 is 12.1 Å². The van der Waals surface area contributed by atoms with Crippen molar-refractivity contribution in [2.75, 3.05) is 44.0 Å². The smallest absolute Gasteiger partial charge is 0.321 e. The van der Waals surface area contributed by atoms with Crippen molar-refractivity contribution in [3.63, 3.8) is 0 Å². The standard InChI is InChI=1S/C35H54N6O7/c1-22-19-41(23(2)21-42)33(43)29-18-28(37-34(44)36-27-13-8-7-9-14-27)15-16-30(29)47-24(3)12-10-11-17-46-31(22)20-40(6)35(45)38-32-25(4)39-48-26(32)5/h15-16,18,22-24,27,31,42H,7-14,17,19-21H2,1-6H3,(H,38,45)(H2,36,37,44)/t22-,23-,24-,31+/m1/s1. The Labute approximate surface area is 284 Å². The molecule has 266 valence electrons. The predicted molar refractivity (Wildman–Crippen MR) is 184 cm³/mol. The van der Waals surface area contributed by atoms with Gasteiger partial charge in [0.25, 0.3) is 5.91 Å². The molecule has 13 nitrogen and oxygen atoms in total. The van der Waals surface area contributed by atoms with E-state index in [-0.39, 0.29) is 55.7 Å². The van der Waals surface area contributed by atoms with Crippen LogP contribution in [0.1, 0.15) is 93.9 Å². The van der Waals surface area contributed by atoms with Crippen molar-refractivity contribution in [1.29, 1.82) is 0 Å². The summed E-state index contributed by atoms with van der Waals surface area (Å²) in [6.45, 7) is 9.99. The summed E-state index contributed by atoms with van der Waals surface area (Å²) < 4.78 is 17.9. The number of nitrogens with zero attached hydrogens (tertiary/aromatic N) is 3. The molecule has 1 fully saturated rings. The number of likely N-dealkylation sites (N-methyl/N-ethyl adjacent to an activating group) is 1. The van der Waals surface area contributed by atoms with Gasteiger partial charge in [0, 0.05) is 44.4 Å².